The molecule has 0 saturated heterocycles. The molecule has 0 aliphatic carbocycles. The lowest BCUT2D eigenvalue weighted by Crippen LogP contribution is -2.87. The summed E-state index contributed by atoms with van der Waals surface area (Å²) in [6, 6.07) is 12.7. The van der Waals surface area contributed by atoms with Gasteiger partial charge in [0.1, 0.15) is 0 Å². The molecule has 1 atom stereocenters. The fourth-order valence-corrected chi connectivity index (χ4v) is 4.14. The van der Waals surface area contributed by atoms with Crippen molar-refractivity contribution in [1.82, 2.24) is 4.90 Å². The zero-order chi connectivity index (χ0) is 16.2. The van der Waals surface area contributed by atoms with Crippen LogP contribution in [-0.4, -0.2) is 30.4 Å². The van der Waals surface area contributed by atoms with Crippen LogP contribution in [0.15, 0.2) is 41.8 Å². The molecule has 0 unspecified atom stereocenters. The zero-order valence-corrected chi connectivity index (χ0v) is 14.7. The van der Waals surface area contributed by atoms with Gasteiger partial charge in [0.15, 0.2) is 6.54 Å². The first kappa shape index (κ1) is 16.2. The van der Waals surface area contributed by atoms with Crippen LogP contribution in [0.3, 0.4) is 0 Å². The number of quaternary nitrogens is 1. The van der Waals surface area contributed by atoms with Gasteiger partial charge in [-0.2, -0.15) is 0 Å². The quantitative estimate of drug-likeness (QED) is 0.899. The van der Waals surface area contributed by atoms with Crippen molar-refractivity contribution in [2.75, 3.05) is 19.6 Å². The first-order valence-corrected chi connectivity index (χ1v) is 9.27. The van der Waals surface area contributed by atoms with Gasteiger partial charge in [0.2, 0.25) is 0 Å². The number of amides is 1. The van der Waals surface area contributed by atoms with Crippen molar-refractivity contribution in [1.29, 1.82) is 0 Å². The highest BCUT2D eigenvalue weighted by atomic mass is 32.1. The van der Waals surface area contributed by atoms with Crippen LogP contribution in [0.4, 0.5) is 0 Å². The topological polar surface area (TPSA) is 36.9 Å². The summed E-state index contributed by atoms with van der Waals surface area (Å²) >= 11 is 1.81. The Morgan fingerprint density at radius 2 is 2.09 bits per heavy atom. The third kappa shape index (κ3) is 3.65. The molecule has 23 heavy (non-hydrogen) atoms. The van der Waals surface area contributed by atoms with Crippen molar-refractivity contribution in [3.63, 3.8) is 0 Å². The van der Waals surface area contributed by atoms with Gasteiger partial charge in [-0.1, -0.05) is 44.2 Å². The molecule has 0 bridgehead atoms. The van der Waals surface area contributed by atoms with Crippen molar-refractivity contribution >= 4 is 17.2 Å². The van der Waals surface area contributed by atoms with Crippen molar-refractivity contribution in [2.24, 2.45) is 5.92 Å². The van der Waals surface area contributed by atoms with E-state index in [0.717, 1.165) is 19.5 Å². The molecule has 4 heteroatoms. The highest BCUT2D eigenvalue weighted by Gasteiger charge is 2.33. The molecule has 3 rings (SSSR count). The lowest BCUT2D eigenvalue weighted by molar-refractivity contribution is -0.649. The molecule has 3 nitrogen and oxygen atoms in total. The Balaban J connectivity index is 1.83. The second kappa shape index (κ2) is 7.28. The molecule has 0 saturated carbocycles. The first-order chi connectivity index (χ1) is 11.2. The average molecular weight is 329 g/mol. The Bertz CT molecular complexity index is 650. The minimum Gasteiger partial charge on any atom is -0.338 e. The molecule has 0 spiro atoms. The number of hydrogen-bond acceptors (Lipinski definition) is 2. The lowest BCUT2D eigenvalue weighted by atomic mass is 9.93. The number of benzene rings is 1. The second-order valence-electron chi connectivity index (χ2n) is 6.57. The lowest BCUT2D eigenvalue weighted by Gasteiger charge is -2.36. The summed E-state index contributed by atoms with van der Waals surface area (Å²) in [6.45, 7) is 6.74. The normalized spacial score (nSPS) is 17.3. The van der Waals surface area contributed by atoms with Gasteiger partial charge < -0.3 is 10.2 Å². The number of hydrogen-bond donors (Lipinski definition) is 1. The number of carbonyl (C=O) groups is 1. The van der Waals surface area contributed by atoms with Gasteiger partial charge in [-0.15, -0.1) is 11.3 Å². The second-order valence-corrected chi connectivity index (χ2v) is 7.57. The van der Waals surface area contributed by atoms with Crippen LogP contribution in [0.5, 0.6) is 0 Å². The molecule has 122 valence electrons. The van der Waals surface area contributed by atoms with E-state index in [1.165, 1.54) is 16.0 Å². The van der Waals surface area contributed by atoms with E-state index in [4.69, 9.17) is 0 Å². The fraction of sp³-hybridized carbons (Fsp3) is 0.421. The van der Waals surface area contributed by atoms with E-state index < -0.39 is 0 Å². The van der Waals surface area contributed by atoms with Gasteiger partial charge in [0.05, 0.1) is 12.6 Å². The Kier molecular flexibility index (Phi) is 5.13. The van der Waals surface area contributed by atoms with Gasteiger partial charge in [-0.05, 0) is 29.0 Å². The Hall–Kier alpha value is -1.65. The summed E-state index contributed by atoms with van der Waals surface area (Å²) in [5.41, 5.74) is 2.52. The van der Waals surface area contributed by atoms with E-state index in [-0.39, 0.29) is 11.9 Å². The van der Waals surface area contributed by atoms with Crippen LogP contribution in [0.25, 0.3) is 0 Å². The fourth-order valence-electron chi connectivity index (χ4n) is 3.24. The summed E-state index contributed by atoms with van der Waals surface area (Å²) in [7, 11) is 0. The Labute approximate surface area is 142 Å². The van der Waals surface area contributed by atoms with Gasteiger partial charge in [0.25, 0.3) is 5.91 Å². The van der Waals surface area contributed by atoms with Crippen molar-refractivity contribution in [2.45, 2.75) is 26.3 Å². The average Bonchev–Trinajstić information content (AvgIpc) is 3.02. The smallest absolute Gasteiger partial charge is 0.278 e. The molecule has 0 fully saturated rings. The van der Waals surface area contributed by atoms with E-state index in [2.05, 4.69) is 59.8 Å². The third-order valence-electron chi connectivity index (χ3n) is 4.36. The van der Waals surface area contributed by atoms with Crippen molar-refractivity contribution in [3.8, 4) is 0 Å². The van der Waals surface area contributed by atoms with E-state index in [1.54, 1.807) is 0 Å². The van der Waals surface area contributed by atoms with Crippen molar-refractivity contribution in [3.05, 3.63) is 57.8 Å². The van der Waals surface area contributed by atoms with Crippen molar-refractivity contribution < 1.29 is 10.1 Å². The van der Waals surface area contributed by atoms with E-state index in [9.17, 15) is 4.79 Å². The van der Waals surface area contributed by atoms with Crippen LogP contribution < -0.4 is 5.32 Å². The highest BCUT2D eigenvalue weighted by molar-refractivity contribution is 7.10. The minimum absolute atomic E-state index is 0.0751. The van der Waals surface area contributed by atoms with Crippen LogP contribution in [0.1, 0.15) is 35.9 Å². The summed E-state index contributed by atoms with van der Waals surface area (Å²) in [5, 5.41) is 4.29. The SMILES string of the molecule is CC(C)C[NH2+]CC(=O)N1CCc2sccc2[C@H]1c1ccccc1. The molecule has 2 heterocycles. The highest BCUT2D eigenvalue weighted by Crippen LogP contribution is 2.37. The largest absolute Gasteiger partial charge is 0.338 e. The summed E-state index contributed by atoms with van der Waals surface area (Å²) in [5.74, 6) is 0.855. The Morgan fingerprint density at radius 1 is 1.30 bits per heavy atom. The number of carbonyl (C=O) groups excluding carboxylic acids is 1. The maximum absolute atomic E-state index is 12.8. The van der Waals surface area contributed by atoms with Crippen LogP contribution >= 0.6 is 11.3 Å². The predicted molar refractivity (Wildman–Crippen MR) is 94.5 cm³/mol. The molecular formula is C19H25N2OS+. The Morgan fingerprint density at radius 3 is 2.83 bits per heavy atom. The molecule has 1 aromatic carbocycles. The molecular weight excluding hydrogens is 304 g/mol. The summed E-state index contributed by atoms with van der Waals surface area (Å²) in [4.78, 5) is 16.3. The monoisotopic (exact) mass is 329 g/mol. The van der Waals surface area contributed by atoms with Crippen LogP contribution in [0.2, 0.25) is 0 Å². The van der Waals surface area contributed by atoms with Gasteiger partial charge >= 0.3 is 0 Å². The standard InChI is InChI=1S/C19H24N2OS/c1-14(2)12-20-13-18(22)21-10-8-17-16(9-11-23-17)19(21)15-6-4-3-5-7-15/h3-7,9,11,14,19-20H,8,10,12-13H2,1-2H3/p+1/t19-/m1/s1. The van der Waals surface area contributed by atoms with E-state index in [0.29, 0.717) is 12.5 Å². The third-order valence-corrected chi connectivity index (χ3v) is 5.36. The van der Waals surface area contributed by atoms with Gasteiger partial charge in [-0.25, -0.2) is 0 Å². The summed E-state index contributed by atoms with van der Waals surface area (Å²) < 4.78 is 0. The molecule has 1 aromatic heterocycles. The number of nitrogens with two attached hydrogens (primary N) is 1. The first-order valence-electron chi connectivity index (χ1n) is 8.39. The number of fused-ring (bicyclic) bond motifs is 1. The predicted octanol–water partition coefficient (Wildman–Crippen LogP) is 2.44. The zero-order valence-electron chi connectivity index (χ0n) is 13.9. The molecule has 1 amide bonds. The molecule has 2 N–H and O–H groups in total. The molecule has 1 aliphatic rings. The number of thiophene rings is 1. The number of rotatable bonds is 5. The van der Waals surface area contributed by atoms with E-state index in [1.807, 2.05) is 17.4 Å². The number of nitrogens with zero attached hydrogens (tertiary/aromatic N) is 1. The molecule has 2 aromatic rings. The van der Waals surface area contributed by atoms with Crippen LogP contribution in [-0.2, 0) is 11.2 Å². The summed E-state index contributed by atoms with van der Waals surface area (Å²) in [6.07, 6.45) is 0.978. The van der Waals surface area contributed by atoms with E-state index >= 15 is 0 Å². The van der Waals surface area contributed by atoms with Gasteiger partial charge in [-0.3, -0.25) is 4.79 Å². The molecule has 0 radical (unpaired) electrons. The maximum atomic E-state index is 12.8. The minimum atomic E-state index is 0.0751. The maximum Gasteiger partial charge on any atom is 0.278 e. The van der Waals surface area contributed by atoms with Crippen LogP contribution in [0, 0.1) is 5.92 Å². The molecule has 1 aliphatic heterocycles. The van der Waals surface area contributed by atoms with Gasteiger partial charge in [0, 0.05) is 17.3 Å².